The SMILES string of the molecule is COC(=O)NC/C=C\c1nc(CC/C=C\C(=O)O[C@@H]2CC3C[C@H](OC)CC4CCC[C@@H](C[C@H](CCCC(C)C)OC(=O)C[C@H](C2)O3)O4)co1. The number of esters is 2. The van der Waals surface area contributed by atoms with Crippen LogP contribution in [0.3, 0.4) is 0 Å². The molecule has 3 aliphatic heterocycles. The summed E-state index contributed by atoms with van der Waals surface area (Å²) < 4.78 is 40.8. The molecule has 1 amide bonds. The maximum Gasteiger partial charge on any atom is 0.407 e. The molecule has 0 aromatic carbocycles. The monoisotopic (exact) mass is 688 g/mol. The zero-order chi connectivity index (χ0) is 35.0. The third-order valence-electron chi connectivity index (χ3n) is 9.27. The first-order chi connectivity index (χ1) is 23.7. The summed E-state index contributed by atoms with van der Waals surface area (Å²) >= 11 is 0. The predicted octanol–water partition coefficient (Wildman–Crippen LogP) is 6.26. The zero-order valence-electron chi connectivity index (χ0n) is 29.6. The Labute approximate surface area is 290 Å². The van der Waals surface area contributed by atoms with Crippen LogP contribution in [0.25, 0.3) is 6.08 Å². The average Bonchev–Trinajstić information content (AvgIpc) is 3.51. The van der Waals surface area contributed by atoms with Crippen molar-refractivity contribution in [2.45, 2.75) is 146 Å². The number of cyclic esters (lactones) is 1. The Hall–Kier alpha value is -3.22. The summed E-state index contributed by atoms with van der Waals surface area (Å²) in [4.78, 5) is 41.6. The van der Waals surface area contributed by atoms with Gasteiger partial charge in [0.1, 0.15) is 18.5 Å². The van der Waals surface area contributed by atoms with Crippen LogP contribution >= 0.6 is 0 Å². The van der Waals surface area contributed by atoms with Gasteiger partial charge in [0, 0.05) is 39.0 Å². The number of hydrogen-bond donors (Lipinski definition) is 1. The van der Waals surface area contributed by atoms with E-state index in [0.717, 1.165) is 50.6 Å². The fourth-order valence-corrected chi connectivity index (χ4v) is 6.84. The summed E-state index contributed by atoms with van der Waals surface area (Å²) in [5.74, 6) is 0.306. The molecule has 1 aromatic heterocycles. The van der Waals surface area contributed by atoms with Crippen LogP contribution < -0.4 is 5.32 Å². The average molecular weight is 689 g/mol. The van der Waals surface area contributed by atoms with Gasteiger partial charge in [-0.25, -0.2) is 14.6 Å². The number of nitrogens with one attached hydrogen (secondary N) is 1. The number of carbonyl (C=O) groups is 3. The Balaban J connectivity index is 1.31. The van der Waals surface area contributed by atoms with Crippen LogP contribution in [0.2, 0.25) is 0 Å². The van der Waals surface area contributed by atoms with Crippen molar-refractivity contribution in [2.75, 3.05) is 20.8 Å². The zero-order valence-corrected chi connectivity index (χ0v) is 29.6. The lowest BCUT2D eigenvalue weighted by atomic mass is 9.91. The first kappa shape index (κ1) is 38.6. The van der Waals surface area contributed by atoms with Crippen molar-refractivity contribution in [3.05, 3.63) is 36.1 Å². The first-order valence-corrected chi connectivity index (χ1v) is 18.0. The van der Waals surface area contributed by atoms with Gasteiger partial charge in [0.05, 0.1) is 49.7 Å². The van der Waals surface area contributed by atoms with E-state index < -0.39 is 24.3 Å². The quantitative estimate of drug-likeness (QED) is 0.142. The maximum absolute atomic E-state index is 13.3. The van der Waals surface area contributed by atoms with Crippen LogP contribution in [0.5, 0.6) is 0 Å². The van der Waals surface area contributed by atoms with E-state index >= 15 is 0 Å². The molecule has 274 valence electrons. The van der Waals surface area contributed by atoms with Gasteiger partial charge >= 0.3 is 18.0 Å². The van der Waals surface area contributed by atoms with E-state index in [0.29, 0.717) is 50.3 Å². The van der Waals surface area contributed by atoms with Crippen LogP contribution in [0.15, 0.2) is 28.9 Å². The van der Waals surface area contributed by atoms with E-state index in [1.54, 1.807) is 31.6 Å². The molecule has 4 bridgehead atoms. The summed E-state index contributed by atoms with van der Waals surface area (Å²) in [5, 5.41) is 2.54. The number of amides is 1. The Bertz CT molecular complexity index is 1230. The Morgan fingerprint density at radius 1 is 1.00 bits per heavy atom. The topological polar surface area (TPSA) is 145 Å². The number of carbonyl (C=O) groups excluding carboxylic acids is 3. The number of methoxy groups -OCH3 is 2. The molecule has 0 aliphatic carbocycles. The molecule has 2 unspecified atom stereocenters. The molecule has 3 aliphatic rings. The minimum absolute atomic E-state index is 0.0652. The number of rotatable bonds is 13. The van der Waals surface area contributed by atoms with E-state index in [9.17, 15) is 14.4 Å². The largest absolute Gasteiger partial charge is 0.462 e. The molecule has 4 rings (SSSR count). The van der Waals surface area contributed by atoms with Crippen molar-refractivity contribution in [3.8, 4) is 0 Å². The molecule has 12 heteroatoms. The van der Waals surface area contributed by atoms with Crippen LogP contribution in [0, 0.1) is 5.92 Å². The van der Waals surface area contributed by atoms with Gasteiger partial charge in [0.2, 0.25) is 5.89 Å². The smallest absolute Gasteiger partial charge is 0.407 e. The highest BCUT2D eigenvalue weighted by molar-refractivity contribution is 5.82. The molecule has 0 saturated carbocycles. The summed E-state index contributed by atoms with van der Waals surface area (Å²) in [7, 11) is 3.02. The second kappa shape index (κ2) is 20.5. The van der Waals surface area contributed by atoms with Crippen LogP contribution in [0.1, 0.15) is 109 Å². The van der Waals surface area contributed by atoms with Crippen molar-refractivity contribution in [1.29, 1.82) is 0 Å². The first-order valence-electron chi connectivity index (χ1n) is 18.0. The number of nitrogens with zero attached hydrogens (tertiary/aromatic N) is 1. The fourth-order valence-electron chi connectivity index (χ4n) is 6.84. The Morgan fingerprint density at radius 2 is 1.73 bits per heavy atom. The minimum Gasteiger partial charge on any atom is -0.462 e. The second-order valence-electron chi connectivity index (χ2n) is 13.8. The van der Waals surface area contributed by atoms with Gasteiger partial charge in [-0.05, 0) is 69.8 Å². The normalized spacial score (nSPS) is 28.3. The number of fused-ring (bicyclic) bond motifs is 4. The van der Waals surface area contributed by atoms with Crippen molar-refractivity contribution in [3.63, 3.8) is 0 Å². The summed E-state index contributed by atoms with van der Waals surface area (Å²) in [5.41, 5.74) is 0.740. The van der Waals surface area contributed by atoms with E-state index in [1.165, 1.54) is 13.2 Å². The molecule has 49 heavy (non-hydrogen) atoms. The highest BCUT2D eigenvalue weighted by Crippen LogP contribution is 2.32. The second-order valence-corrected chi connectivity index (χ2v) is 13.8. The van der Waals surface area contributed by atoms with E-state index in [2.05, 4.69) is 28.9 Å². The van der Waals surface area contributed by atoms with Crippen LogP contribution in [0.4, 0.5) is 4.79 Å². The van der Waals surface area contributed by atoms with Gasteiger partial charge in [-0.15, -0.1) is 0 Å². The highest BCUT2D eigenvalue weighted by Gasteiger charge is 2.37. The fraction of sp³-hybridized carbons (Fsp3) is 0.730. The third-order valence-corrected chi connectivity index (χ3v) is 9.27. The highest BCUT2D eigenvalue weighted by atomic mass is 16.6. The molecule has 1 N–H and O–H groups in total. The van der Waals surface area contributed by atoms with E-state index in [1.807, 2.05) is 0 Å². The molecule has 0 spiro atoms. The van der Waals surface area contributed by atoms with E-state index in [4.69, 9.17) is 28.1 Å². The van der Waals surface area contributed by atoms with Gasteiger partial charge in [0.25, 0.3) is 0 Å². The van der Waals surface area contributed by atoms with Gasteiger partial charge in [-0.3, -0.25) is 4.79 Å². The number of aromatic nitrogens is 1. The predicted molar refractivity (Wildman–Crippen MR) is 182 cm³/mol. The lowest BCUT2D eigenvalue weighted by Gasteiger charge is -2.38. The molecule has 0 radical (unpaired) electrons. The Kier molecular flexibility index (Phi) is 16.1. The van der Waals surface area contributed by atoms with Gasteiger partial charge in [0.15, 0.2) is 0 Å². The van der Waals surface area contributed by atoms with E-state index in [-0.39, 0.29) is 49.5 Å². The number of ether oxygens (including phenoxy) is 6. The number of allylic oxidation sites excluding steroid dienone is 1. The molecular formula is C37H56N2O10. The number of oxazole rings is 1. The number of hydrogen-bond acceptors (Lipinski definition) is 11. The maximum atomic E-state index is 13.3. The van der Waals surface area contributed by atoms with Gasteiger partial charge in [-0.2, -0.15) is 0 Å². The van der Waals surface area contributed by atoms with Crippen molar-refractivity contribution >= 4 is 24.1 Å². The third kappa shape index (κ3) is 14.3. The molecule has 3 saturated heterocycles. The standard InChI is InChI=1S/C37H56N2O10/c1-25(2)10-7-12-29-18-27-13-8-14-28(46-27)19-30(43-3)20-31-21-32(22-33(47-31)23-36(41)48-29)49-35(40)16-6-5-11-26-24-45-34(39-26)15-9-17-38-37(42)44-4/h6,9,15-16,24-25,27-33H,5,7-8,10-14,17-23H2,1-4H3,(H,38,42)/b15-9-,16-6-/t27-,28?,29-,30+,31?,32+,33-/m0/s1. The molecule has 4 heterocycles. The van der Waals surface area contributed by atoms with Gasteiger partial charge in [-0.1, -0.05) is 32.4 Å². The molecule has 7 atom stereocenters. The number of alkyl carbamates (subject to hydrolysis) is 1. The molecule has 3 fully saturated rings. The molecule has 12 nitrogen and oxygen atoms in total. The van der Waals surface area contributed by atoms with Crippen molar-refractivity contribution in [1.82, 2.24) is 10.3 Å². The number of aryl methyl sites for hydroxylation is 1. The lowest BCUT2D eigenvalue weighted by Crippen LogP contribution is -2.42. The van der Waals surface area contributed by atoms with Crippen molar-refractivity contribution in [2.24, 2.45) is 5.92 Å². The van der Waals surface area contributed by atoms with Crippen molar-refractivity contribution < 1.29 is 47.2 Å². The summed E-state index contributed by atoms with van der Waals surface area (Å²) in [6.07, 6.45) is 16.8. The molecular weight excluding hydrogens is 632 g/mol. The van der Waals surface area contributed by atoms with Crippen LogP contribution in [-0.2, 0) is 44.4 Å². The molecule has 1 aromatic rings. The summed E-state index contributed by atoms with van der Waals surface area (Å²) in [6, 6.07) is 0. The summed E-state index contributed by atoms with van der Waals surface area (Å²) in [6.45, 7) is 4.71. The minimum atomic E-state index is -0.515. The lowest BCUT2D eigenvalue weighted by molar-refractivity contribution is -0.171. The Morgan fingerprint density at radius 3 is 2.51 bits per heavy atom. The van der Waals surface area contributed by atoms with Gasteiger partial charge < -0.3 is 38.2 Å². The van der Waals surface area contributed by atoms with Crippen LogP contribution in [-0.4, -0.2) is 86.5 Å².